The average Bonchev–Trinajstić information content (AvgIpc) is 2.27. The third-order valence-electron chi connectivity index (χ3n) is 2.93. The zero-order valence-corrected chi connectivity index (χ0v) is 11.6. The van der Waals surface area contributed by atoms with Gasteiger partial charge in [0.25, 0.3) is 0 Å². The van der Waals surface area contributed by atoms with Crippen molar-refractivity contribution in [3.8, 4) is 0 Å². The lowest BCUT2D eigenvalue weighted by Crippen LogP contribution is -2.28. The summed E-state index contributed by atoms with van der Waals surface area (Å²) in [6.45, 7) is 4.90. The number of hydrogen-bond donors (Lipinski definition) is 2. The lowest BCUT2D eigenvalue weighted by atomic mass is 10.1. The van der Waals surface area contributed by atoms with Gasteiger partial charge in [0.05, 0.1) is 0 Å². The van der Waals surface area contributed by atoms with Gasteiger partial charge in [-0.25, -0.2) is 0 Å². The van der Waals surface area contributed by atoms with Crippen LogP contribution in [0.4, 0.5) is 0 Å². The minimum absolute atomic E-state index is 0.175. The first kappa shape index (κ1) is 16.4. The Balaban J connectivity index is 3.16. The highest BCUT2D eigenvalue weighted by Gasteiger charge is 2.01. The second kappa shape index (κ2) is 11.9. The highest BCUT2D eigenvalue weighted by molar-refractivity contribution is 5.75. The van der Waals surface area contributed by atoms with E-state index in [9.17, 15) is 4.79 Å². The van der Waals surface area contributed by atoms with Gasteiger partial charge in [0.15, 0.2) is 0 Å². The van der Waals surface area contributed by atoms with Crippen LogP contribution in [0.5, 0.6) is 0 Å². The minimum Gasteiger partial charge on any atom is -0.356 e. The summed E-state index contributed by atoms with van der Waals surface area (Å²) >= 11 is 0. The van der Waals surface area contributed by atoms with Crippen molar-refractivity contribution < 1.29 is 4.79 Å². The van der Waals surface area contributed by atoms with E-state index in [0.29, 0.717) is 13.0 Å². The molecular weight excluding hydrogens is 212 g/mol. The molecule has 0 saturated carbocycles. The van der Waals surface area contributed by atoms with Crippen molar-refractivity contribution in [3.63, 3.8) is 0 Å². The van der Waals surface area contributed by atoms with Crippen LogP contribution < -0.4 is 11.1 Å². The molecular formula is C14H30N2O. The summed E-state index contributed by atoms with van der Waals surface area (Å²) in [7, 11) is 0. The van der Waals surface area contributed by atoms with Crippen LogP contribution in [0.3, 0.4) is 0 Å². The standard InChI is InChI=1S/C14H30N2O/c1-3-4-5-6-7-8-9-10-14(17)16-12-11-13(2)15/h13H,3-12,15H2,1-2H3,(H,16,17). The molecule has 0 rings (SSSR count). The molecule has 3 N–H and O–H groups in total. The molecule has 0 fully saturated rings. The SMILES string of the molecule is CCCCCCCCCC(=O)NCCC(C)N. The van der Waals surface area contributed by atoms with Crippen LogP contribution in [-0.2, 0) is 4.79 Å². The van der Waals surface area contributed by atoms with Gasteiger partial charge in [-0.15, -0.1) is 0 Å². The van der Waals surface area contributed by atoms with Gasteiger partial charge >= 0.3 is 0 Å². The van der Waals surface area contributed by atoms with Crippen LogP contribution in [-0.4, -0.2) is 18.5 Å². The fourth-order valence-electron chi connectivity index (χ4n) is 1.77. The van der Waals surface area contributed by atoms with E-state index >= 15 is 0 Å². The molecule has 0 aromatic heterocycles. The van der Waals surface area contributed by atoms with E-state index in [4.69, 9.17) is 5.73 Å². The number of carbonyl (C=O) groups is 1. The van der Waals surface area contributed by atoms with E-state index in [-0.39, 0.29) is 11.9 Å². The van der Waals surface area contributed by atoms with Crippen molar-refractivity contribution in [2.75, 3.05) is 6.54 Å². The lowest BCUT2D eigenvalue weighted by Gasteiger charge is -2.07. The van der Waals surface area contributed by atoms with E-state index in [1.807, 2.05) is 6.92 Å². The van der Waals surface area contributed by atoms with Crippen molar-refractivity contribution in [3.05, 3.63) is 0 Å². The van der Waals surface area contributed by atoms with Gasteiger partial charge < -0.3 is 11.1 Å². The Morgan fingerprint density at radius 1 is 1.12 bits per heavy atom. The average molecular weight is 242 g/mol. The maximum atomic E-state index is 11.4. The van der Waals surface area contributed by atoms with Gasteiger partial charge in [-0.05, 0) is 19.8 Å². The van der Waals surface area contributed by atoms with Crippen molar-refractivity contribution in [1.29, 1.82) is 0 Å². The number of amides is 1. The quantitative estimate of drug-likeness (QED) is 0.547. The van der Waals surface area contributed by atoms with E-state index in [1.54, 1.807) is 0 Å². The molecule has 1 atom stereocenters. The first-order chi connectivity index (χ1) is 8.16. The normalized spacial score (nSPS) is 12.4. The third-order valence-corrected chi connectivity index (χ3v) is 2.93. The first-order valence-corrected chi connectivity index (χ1v) is 7.19. The number of nitrogens with one attached hydrogen (secondary N) is 1. The first-order valence-electron chi connectivity index (χ1n) is 7.19. The molecule has 3 nitrogen and oxygen atoms in total. The molecule has 1 unspecified atom stereocenters. The second-order valence-electron chi connectivity index (χ2n) is 4.99. The fourth-order valence-corrected chi connectivity index (χ4v) is 1.77. The molecule has 0 aliphatic heterocycles. The third kappa shape index (κ3) is 13.4. The molecule has 0 heterocycles. The van der Waals surface area contributed by atoms with Gasteiger partial charge in [-0.3, -0.25) is 4.79 Å². The monoisotopic (exact) mass is 242 g/mol. The van der Waals surface area contributed by atoms with E-state index in [0.717, 1.165) is 12.8 Å². The molecule has 1 amide bonds. The lowest BCUT2D eigenvalue weighted by molar-refractivity contribution is -0.121. The van der Waals surface area contributed by atoms with Crippen LogP contribution in [0.25, 0.3) is 0 Å². The highest BCUT2D eigenvalue weighted by atomic mass is 16.1. The molecule has 0 aliphatic rings. The molecule has 17 heavy (non-hydrogen) atoms. The summed E-state index contributed by atoms with van der Waals surface area (Å²) in [4.78, 5) is 11.4. The van der Waals surface area contributed by atoms with E-state index < -0.39 is 0 Å². The maximum absolute atomic E-state index is 11.4. The summed E-state index contributed by atoms with van der Waals surface area (Å²) in [5, 5.41) is 2.91. The van der Waals surface area contributed by atoms with E-state index in [2.05, 4.69) is 12.2 Å². The summed E-state index contributed by atoms with van der Waals surface area (Å²) in [6.07, 6.45) is 10.3. The topological polar surface area (TPSA) is 55.1 Å². The maximum Gasteiger partial charge on any atom is 0.219 e. The summed E-state index contributed by atoms with van der Waals surface area (Å²) in [5.41, 5.74) is 5.61. The zero-order chi connectivity index (χ0) is 12.9. The number of nitrogens with two attached hydrogens (primary N) is 1. The number of carbonyl (C=O) groups excluding carboxylic acids is 1. The Morgan fingerprint density at radius 2 is 1.71 bits per heavy atom. The molecule has 0 saturated heterocycles. The van der Waals surface area contributed by atoms with Crippen molar-refractivity contribution >= 4 is 5.91 Å². The minimum atomic E-state index is 0.175. The van der Waals surface area contributed by atoms with Gasteiger partial charge in [-0.2, -0.15) is 0 Å². The van der Waals surface area contributed by atoms with Crippen LogP contribution in [0.15, 0.2) is 0 Å². The molecule has 3 heteroatoms. The highest BCUT2D eigenvalue weighted by Crippen LogP contribution is 2.08. The van der Waals surface area contributed by atoms with Crippen molar-refractivity contribution in [2.45, 2.75) is 77.7 Å². The second-order valence-corrected chi connectivity index (χ2v) is 4.99. The largest absolute Gasteiger partial charge is 0.356 e. The Labute approximate surface area is 107 Å². The Kier molecular flexibility index (Phi) is 11.5. The predicted octanol–water partition coefficient (Wildman–Crippen LogP) is 2.98. The molecule has 0 spiro atoms. The number of hydrogen-bond acceptors (Lipinski definition) is 2. The number of rotatable bonds is 11. The Bertz CT molecular complexity index is 181. The van der Waals surface area contributed by atoms with Crippen LogP contribution >= 0.6 is 0 Å². The molecule has 0 aromatic rings. The Hall–Kier alpha value is -0.570. The van der Waals surface area contributed by atoms with Gasteiger partial charge in [0.1, 0.15) is 0 Å². The van der Waals surface area contributed by atoms with Crippen molar-refractivity contribution in [1.82, 2.24) is 5.32 Å². The van der Waals surface area contributed by atoms with Crippen LogP contribution in [0.1, 0.15) is 71.6 Å². The van der Waals surface area contributed by atoms with Crippen LogP contribution in [0, 0.1) is 0 Å². The van der Waals surface area contributed by atoms with Gasteiger partial charge in [0, 0.05) is 19.0 Å². The summed E-state index contributed by atoms with van der Waals surface area (Å²) in [6, 6.07) is 0.175. The summed E-state index contributed by atoms with van der Waals surface area (Å²) < 4.78 is 0. The Morgan fingerprint density at radius 3 is 2.29 bits per heavy atom. The molecule has 102 valence electrons. The molecule has 0 aliphatic carbocycles. The van der Waals surface area contributed by atoms with Gasteiger partial charge in [0.2, 0.25) is 5.91 Å². The summed E-state index contributed by atoms with van der Waals surface area (Å²) in [5.74, 6) is 0.180. The van der Waals surface area contributed by atoms with Crippen LogP contribution in [0.2, 0.25) is 0 Å². The zero-order valence-electron chi connectivity index (χ0n) is 11.6. The molecule has 0 radical (unpaired) electrons. The van der Waals surface area contributed by atoms with Crippen molar-refractivity contribution in [2.24, 2.45) is 5.73 Å². The fraction of sp³-hybridized carbons (Fsp3) is 0.929. The predicted molar refractivity (Wildman–Crippen MR) is 73.9 cm³/mol. The van der Waals surface area contributed by atoms with E-state index in [1.165, 1.54) is 38.5 Å². The van der Waals surface area contributed by atoms with Gasteiger partial charge in [-0.1, -0.05) is 45.4 Å². The molecule has 0 aromatic carbocycles. The smallest absolute Gasteiger partial charge is 0.219 e. The molecule has 0 bridgehead atoms. The number of unbranched alkanes of at least 4 members (excludes halogenated alkanes) is 6.